The third-order valence-corrected chi connectivity index (χ3v) is 3.53. The Hall–Kier alpha value is -2.16. The van der Waals surface area contributed by atoms with Crippen LogP contribution in [0.5, 0.6) is 0 Å². The van der Waals surface area contributed by atoms with E-state index in [0.29, 0.717) is 13.2 Å². The first-order chi connectivity index (χ1) is 11.5. The summed E-state index contributed by atoms with van der Waals surface area (Å²) in [6.07, 6.45) is -2.50. The molecular formula is C16H22N2O6. The van der Waals surface area contributed by atoms with Crippen molar-refractivity contribution in [3.05, 3.63) is 35.9 Å². The van der Waals surface area contributed by atoms with Crippen LogP contribution in [0.1, 0.15) is 18.4 Å². The second-order valence-electron chi connectivity index (χ2n) is 5.46. The van der Waals surface area contributed by atoms with Crippen molar-refractivity contribution in [3.8, 4) is 0 Å². The summed E-state index contributed by atoms with van der Waals surface area (Å²) in [7, 11) is 0. The molecule has 1 fully saturated rings. The van der Waals surface area contributed by atoms with Crippen LogP contribution in [-0.4, -0.2) is 48.8 Å². The van der Waals surface area contributed by atoms with E-state index in [1.54, 1.807) is 0 Å². The second-order valence-corrected chi connectivity index (χ2v) is 5.46. The number of rotatable bonds is 8. The molecule has 2 rings (SSSR count). The first kappa shape index (κ1) is 18.2. The van der Waals surface area contributed by atoms with Gasteiger partial charge in [0.25, 0.3) is 0 Å². The first-order valence-corrected chi connectivity index (χ1v) is 7.71. The van der Waals surface area contributed by atoms with Crippen molar-refractivity contribution in [2.75, 3.05) is 13.2 Å². The molecule has 0 spiro atoms. The Bertz CT molecular complexity index is 533. The fourth-order valence-electron chi connectivity index (χ4n) is 2.33. The van der Waals surface area contributed by atoms with E-state index in [9.17, 15) is 14.7 Å². The van der Waals surface area contributed by atoms with E-state index >= 15 is 0 Å². The maximum absolute atomic E-state index is 11.9. The molecule has 2 amide bonds. The van der Waals surface area contributed by atoms with Gasteiger partial charge in [0.05, 0.1) is 31.8 Å². The summed E-state index contributed by atoms with van der Waals surface area (Å²) >= 11 is 0. The molecule has 0 saturated carbocycles. The fourth-order valence-corrected chi connectivity index (χ4v) is 2.33. The van der Waals surface area contributed by atoms with Crippen LogP contribution >= 0.6 is 0 Å². The van der Waals surface area contributed by atoms with Crippen LogP contribution in [0.25, 0.3) is 0 Å². The van der Waals surface area contributed by atoms with Crippen molar-refractivity contribution in [3.63, 3.8) is 0 Å². The van der Waals surface area contributed by atoms with E-state index in [1.165, 1.54) is 0 Å². The Morgan fingerprint density at radius 1 is 1.29 bits per heavy atom. The topological polar surface area (TPSA) is 120 Å². The minimum Gasteiger partial charge on any atom is -0.445 e. The number of ether oxygens (including phenoxy) is 3. The van der Waals surface area contributed by atoms with Gasteiger partial charge in [-0.05, 0) is 5.56 Å². The van der Waals surface area contributed by atoms with Gasteiger partial charge in [0, 0.05) is 6.42 Å². The van der Waals surface area contributed by atoms with Crippen molar-refractivity contribution in [2.24, 2.45) is 5.73 Å². The molecule has 1 heterocycles. The summed E-state index contributed by atoms with van der Waals surface area (Å²) < 4.78 is 15.7. The van der Waals surface area contributed by atoms with Crippen molar-refractivity contribution >= 4 is 12.0 Å². The highest BCUT2D eigenvalue weighted by atomic mass is 16.7. The molecule has 8 heteroatoms. The number of nitrogens with two attached hydrogens (primary N) is 1. The van der Waals surface area contributed by atoms with E-state index in [4.69, 9.17) is 19.9 Å². The minimum absolute atomic E-state index is 0.0989. The molecule has 2 unspecified atom stereocenters. The molecule has 8 nitrogen and oxygen atoms in total. The predicted octanol–water partition coefficient (Wildman–Crippen LogP) is 0.281. The monoisotopic (exact) mass is 338 g/mol. The number of aliphatic hydroxyl groups is 1. The summed E-state index contributed by atoms with van der Waals surface area (Å²) in [6.45, 7) is 0.991. The van der Waals surface area contributed by atoms with Gasteiger partial charge in [-0.15, -0.1) is 0 Å². The average Bonchev–Trinajstić information content (AvgIpc) is 3.06. The lowest BCUT2D eigenvalue weighted by Crippen LogP contribution is -2.47. The maximum Gasteiger partial charge on any atom is 0.407 e. The van der Waals surface area contributed by atoms with Gasteiger partial charge in [-0.25, -0.2) is 4.79 Å². The lowest BCUT2D eigenvalue weighted by Gasteiger charge is -2.25. The molecule has 132 valence electrons. The Morgan fingerprint density at radius 2 is 1.96 bits per heavy atom. The van der Waals surface area contributed by atoms with Crippen LogP contribution in [0, 0.1) is 0 Å². The van der Waals surface area contributed by atoms with Crippen LogP contribution in [0.4, 0.5) is 4.79 Å². The second kappa shape index (κ2) is 9.21. The summed E-state index contributed by atoms with van der Waals surface area (Å²) in [6, 6.07) is 8.42. The Kier molecular flexibility index (Phi) is 6.98. The first-order valence-electron chi connectivity index (χ1n) is 7.71. The molecule has 0 bridgehead atoms. The largest absolute Gasteiger partial charge is 0.445 e. The molecule has 1 aromatic rings. The maximum atomic E-state index is 11.9. The number of nitrogens with one attached hydrogen (secondary N) is 1. The normalized spacial score (nSPS) is 17.2. The molecular weight excluding hydrogens is 316 g/mol. The molecule has 0 radical (unpaired) electrons. The molecule has 1 aromatic carbocycles. The van der Waals surface area contributed by atoms with Gasteiger partial charge in [0.2, 0.25) is 5.91 Å². The summed E-state index contributed by atoms with van der Waals surface area (Å²) in [4.78, 5) is 23.0. The SMILES string of the molecule is NC(=O)CC(O)C(CC1OCCO1)NC(=O)OCc1ccccc1. The number of carbonyl (C=O) groups is 2. The van der Waals surface area contributed by atoms with E-state index in [2.05, 4.69) is 5.32 Å². The zero-order valence-electron chi connectivity index (χ0n) is 13.2. The van der Waals surface area contributed by atoms with E-state index in [1.807, 2.05) is 30.3 Å². The van der Waals surface area contributed by atoms with E-state index < -0.39 is 30.4 Å². The number of benzene rings is 1. The standard InChI is InChI=1S/C16H22N2O6/c17-14(20)9-13(19)12(8-15-22-6-7-23-15)18-16(21)24-10-11-4-2-1-3-5-11/h1-5,12-13,15,19H,6-10H2,(H2,17,20)(H,18,21). The summed E-state index contributed by atoms with van der Waals surface area (Å²) in [5, 5.41) is 12.6. The van der Waals surface area contributed by atoms with Gasteiger partial charge in [-0.1, -0.05) is 30.3 Å². The zero-order chi connectivity index (χ0) is 17.4. The van der Waals surface area contributed by atoms with Crippen LogP contribution in [0.15, 0.2) is 30.3 Å². The molecule has 2 atom stereocenters. The Balaban J connectivity index is 1.87. The molecule has 1 aliphatic rings. The summed E-state index contributed by atoms with van der Waals surface area (Å²) in [5.41, 5.74) is 5.94. The highest BCUT2D eigenvalue weighted by Crippen LogP contribution is 2.14. The van der Waals surface area contributed by atoms with Crippen molar-refractivity contribution in [1.29, 1.82) is 0 Å². The quantitative estimate of drug-likeness (QED) is 0.626. The van der Waals surface area contributed by atoms with Crippen molar-refractivity contribution in [2.45, 2.75) is 37.9 Å². The highest BCUT2D eigenvalue weighted by Gasteiger charge is 2.29. The van der Waals surface area contributed by atoms with Gasteiger partial charge in [-0.3, -0.25) is 4.79 Å². The summed E-state index contributed by atoms with van der Waals surface area (Å²) in [5.74, 6) is -0.666. The number of hydrogen-bond donors (Lipinski definition) is 3. The average molecular weight is 338 g/mol. The van der Waals surface area contributed by atoms with Crippen LogP contribution in [0.2, 0.25) is 0 Å². The smallest absolute Gasteiger partial charge is 0.407 e. The number of primary amides is 1. The van der Waals surface area contributed by atoms with Gasteiger partial charge < -0.3 is 30.4 Å². The van der Waals surface area contributed by atoms with Crippen LogP contribution in [-0.2, 0) is 25.6 Å². The zero-order valence-corrected chi connectivity index (χ0v) is 13.2. The van der Waals surface area contributed by atoms with Gasteiger partial charge >= 0.3 is 6.09 Å². The predicted molar refractivity (Wildman–Crippen MR) is 83.7 cm³/mol. The van der Waals surface area contributed by atoms with Gasteiger partial charge in [-0.2, -0.15) is 0 Å². The third-order valence-electron chi connectivity index (χ3n) is 3.53. The number of aliphatic hydroxyl groups excluding tert-OH is 1. The highest BCUT2D eigenvalue weighted by molar-refractivity contribution is 5.74. The number of carbonyl (C=O) groups excluding carboxylic acids is 2. The van der Waals surface area contributed by atoms with Crippen molar-refractivity contribution < 1.29 is 28.9 Å². The van der Waals surface area contributed by atoms with E-state index in [0.717, 1.165) is 5.56 Å². The molecule has 1 aliphatic heterocycles. The van der Waals surface area contributed by atoms with Crippen LogP contribution in [0.3, 0.4) is 0 Å². The number of alkyl carbamates (subject to hydrolysis) is 1. The number of hydrogen-bond acceptors (Lipinski definition) is 6. The minimum atomic E-state index is -1.15. The molecule has 1 saturated heterocycles. The van der Waals surface area contributed by atoms with E-state index in [-0.39, 0.29) is 19.4 Å². The van der Waals surface area contributed by atoms with Crippen molar-refractivity contribution in [1.82, 2.24) is 5.32 Å². The Labute approximate surface area is 139 Å². The number of amides is 2. The fraction of sp³-hybridized carbons (Fsp3) is 0.500. The molecule has 0 aliphatic carbocycles. The third kappa shape index (κ3) is 6.15. The molecule has 0 aromatic heterocycles. The van der Waals surface area contributed by atoms with Crippen LogP contribution < -0.4 is 11.1 Å². The van der Waals surface area contributed by atoms with Gasteiger partial charge in [0.1, 0.15) is 6.61 Å². The lowest BCUT2D eigenvalue weighted by molar-refractivity contribution is -0.121. The molecule has 4 N–H and O–H groups in total. The molecule has 24 heavy (non-hydrogen) atoms. The van der Waals surface area contributed by atoms with Gasteiger partial charge in [0.15, 0.2) is 6.29 Å². The Morgan fingerprint density at radius 3 is 2.58 bits per heavy atom. The lowest BCUT2D eigenvalue weighted by atomic mass is 10.0.